The fourth-order valence-electron chi connectivity index (χ4n) is 2.33. The number of piperazine rings is 1. The predicted octanol–water partition coefficient (Wildman–Crippen LogP) is 1.54. The largest absolute Gasteiger partial charge is 0.345 e. The fraction of sp³-hybridized carbons (Fsp3) is 0.429. The molecule has 0 bridgehead atoms. The van der Waals surface area contributed by atoms with Gasteiger partial charge in [0.05, 0.1) is 12.6 Å². The first kappa shape index (κ1) is 13.5. The molecule has 5 heteroatoms. The lowest BCUT2D eigenvalue weighted by molar-refractivity contribution is -0.147. The molecule has 2 rings (SSSR count). The van der Waals surface area contributed by atoms with Gasteiger partial charge < -0.3 is 10.2 Å². The number of hydrogen-bond acceptors (Lipinski definition) is 2. The monoisotopic (exact) mass is 264 g/mol. The van der Waals surface area contributed by atoms with Crippen LogP contribution in [-0.4, -0.2) is 29.3 Å². The Hall–Kier alpha value is -1.91. The Morgan fingerprint density at radius 1 is 1.42 bits per heavy atom. The van der Waals surface area contributed by atoms with E-state index in [0.717, 1.165) is 0 Å². The van der Waals surface area contributed by atoms with Gasteiger partial charge in [-0.05, 0) is 38.0 Å². The molecule has 1 fully saturated rings. The molecule has 4 nitrogen and oxygen atoms in total. The molecule has 1 heterocycles. The SMILES string of the molecule is Cc1ccc(C(C)N2C(=O)CNC(=O)C2C)cc1F. The predicted molar refractivity (Wildman–Crippen MR) is 68.9 cm³/mol. The van der Waals surface area contributed by atoms with E-state index in [9.17, 15) is 14.0 Å². The second-order valence-corrected chi connectivity index (χ2v) is 4.88. The maximum Gasteiger partial charge on any atom is 0.243 e. The lowest BCUT2D eigenvalue weighted by Gasteiger charge is -2.37. The molecular formula is C14H17FN2O2. The molecule has 1 aliphatic heterocycles. The van der Waals surface area contributed by atoms with Crippen LogP contribution in [0.5, 0.6) is 0 Å². The third kappa shape index (κ3) is 2.45. The number of rotatable bonds is 2. The minimum Gasteiger partial charge on any atom is -0.345 e. The normalized spacial score (nSPS) is 21.3. The molecular weight excluding hydrogens is 247 g/mol. The summed E-state index contributed by atoms with van der Waals surface area (Å²) in [5, 5.41) is 2.53. The number of nitrogens with one attached hydrogen (secondary N) is 1. The van der Waals surface area contributed by atoms with Crippen LogP contribution in [0.3, 0.4) is 0 Å². The van der Waals surface area contributed by atoms with Gasteiger partial charge >= 0.3 is 0 Å². The van der Waals surface area contributed by atoms with E-state index in [2.05, 4.69) is 5.32 Å². The van der Waals surface area contributed by atoms with Gasteiger partial charge in [-0.1, -0.05) is 12.1 Å². The van der Waals surface area contributed by atoms with Crippen LogP contribution in [0.2, 0.25) is 0 Å². The average Bonchev–Trinajstić information content (AvgIpc) is 2.37. The zero-order valence-electron chi connectivity index (χ0n) is 11.2. The highest BCUT2D eigenvalue weighted by Crippen LogP contribution is 2.25. The van der Waals surface area contributed by atoms with Gasteiger partial charge in [0.25, 0.3) is 0 Å². The summed E-state index contributed by atoms with van der Waals surface area (Å²) >= 11 is 0. The van der Waals surface area contributed by atoms with Crippen molar-refractivity contribution in [2.45, 2.75) is 32.9 Å². The lowest BCUT2D eigenvalue weighted by atomic mass is 10.0. The van der Waals surface area contributed by atoms with Crippen LogP contribution in [0, 0.1) is 12.7 Å². The number of halogens is 1. The van der Waals surface area contributed by atoms with Gasteiger partial charge in [0, 0.05) is 0 Å². The summed E-state index contributed by atoms with van der Waals surface area (Å²) in [5.74, 6) is -0.634. The van der Waals surface area contributed by atoms with Crippen LogP contribution in [-0.2, 0) is 9.59 Å². The van der Waals surface area contributed by atoms with Crippen LogP contribution >= 0.6 is 0 Å². The van der Waals surface area contributed by atoms with E-state index in [1.54, 1.807) is 32.9 Å². The van der Waals surface area contributed by atoms with Gasteiger partial charge in [-0.25, -0.2) is 4.39 Å². The number of carbonyl (C=O) groups excluding carboxylic acids is 2. The Balaban J connectivity index is 2.31. The van der Waals surface area contributed by atoms with Crippen molar-refractivity contribution in [3.05, 3.63) is 35.1 Å². The molecule has 1 aromatic rings. The van der Waals surface area contributed by atoms with Crippen molar-refractivity contribution >= 4 is 11.8 Å². The molecule has 0 radical (unpaired) electrons. The standard InChI is InChI=1S/C14H17FN2O2/c1-8-4-5-11(6-12(8)15)9(2)17-10(3)14(19)16-7-13(17)18/h4-6,9-10H,7H2,1-3H3,(H,16,19). The van der Waals surface area contributed by atoms with Crippen molar-refractivity contribution in [2.75, 3.05) is 6.54 Å². The molecule has 19 heavy (non-hydrogen) atoms. The molecule has 0 spiro atoms. The molecule has 0 aromatic heterocycles. The summed E-state index contributed by atoms with van der Waals surface area (Å²) in [6, 6.07) is 4.02. The lowest BCUT2D eigenvalue weighted by Crippen LogP contribution is -2.57. The van der Waals surface area contributed by atoms with E-state index >= 15 is 0 Å². The van der Waals surface area contributed by atoms with E-state index in [1.165, 1.54) is 11.0 Å². The van der Waals surface area contributed by atoms with Crippen molar-refractivity contribution in [1.82, 2.24) is 10.2 Å². The van der Waals surface area contributed by atoms with Gasteiger partial charge in [0.1, 0.15) is 11.9 Å². The Kier molecular flexibility index (Phi) is 3.55. The number of nitrogens with zero attached hydrogens (tertiary/aromatic N) is 1. The Bertz CT molecular complexity index is 530. The van der Waals surface area contributed by atoms with Crippen LogP contribution in [0.15, 0.2) is 18.2 Å². The van der Waals surface area contributed by atoms with Crippen molar-refractivity contribution in [3.63, 3.8) is 0 Å². The van der Waals surface area contributed by atoms with Crippen molar-refractivity contribution < 1.29 is 14.0 Å². The summed E-state index contributed by atoms with van der Waals surface area (Å²) in [7, 11) is 0. The van der Waals surface area contributed by atoms with E-state index in [4.69, 9.17) is 0 Å². The second-order valence-electron chi connectivity index (χ2n) is 4.88. The first-order valence-corrected chi connectivity index (χ1v) is 6.26. The number of aryl methyl sites for hydroxylation is 1. The molecule has 1 aliphatic rings. The zero-order valence-corrected chi connectivity index (χ0v) is 11.2. The van der Waals surface area contributed by atoms with Crippen LogP contribution in [0.25, 0.3) is 0 Å². The topological polar surface area (TPSA) is 49.4 Å². The van der Waals surface area contributed by atoms with Crippen LogP contribution in [0.1, 0.15) is 31.0 Å². The van der Waals surface area contributed by atoms with Gasteiger partial charge in [-0.3, -0.25) is 9.59 Å². The molecule has 1 N–H and O–H groups in total. The molecule has 2 atom stereocenters. The fourth-order valence-corrected chi connectivity index (χ4v) is 2.33. The first-order chi connectivity index (χ1) is 8.91. The summed E-state index contributed by atoms with van der Waals surface area (Å²) < 4.78 is 13.6. The maximum atomic E-state index is 13.6. The molecule has 2 amide bonds. The number of benzene rings is 1. The Morgan fingerprint density at radius 3 is 2.74 bits per heavy atom. The minimum absolute atomic E-state index is 0.00184. The van der Waals surface area contributed by atoms with Crippen LogP contribution < -0.4 is 5.32 Å². The van der Waals surface area contributed by atoms with Crippen LogP contribution in [0.4, 0.5) is 4.39 Å². The van der Waals surface area contributed by atoms with Crippen molar-refractivity contribution in [2.24, 2.45) is 0 Å². The van der Waals surface area contributed by atoms with Crippen molar-refractivity contribution in [1.29, 1.82) is 0 Å². The highest BCUT2D eigenvalue weighted by molar-refractivity contribution is 5.94. The maximum absolute atomic E-state index is 13.6. The quantitative estimate of drug-likeness (QED) is 0.881. The van der Waals surface area contributed by atoms with E-state index in [0.29, 0.717) is 11.1 Å². The Morgan fingerprint density at radius 2 is 2.11 bits per heavy atom. The van der Waals surface area contributed by atoms with E-state index in [1.807, 2.05) is 0 Å². The second kappa shape index (κ2) is 4.99. The Labute approximate surface area is 111 Å². The summed E-state index contributed by atoms with van der Waals surface area (Å²) in [4.78, 5) is 25.1. The summed E-state index contributed by atoms with van der Waals surface area (Å²) in [6.45, 7) is 5.16. The molecule has 0 saturated carbocycles. The third-order valence-corrected chi connectivity index (χ3v) is 3.59. The highest BCUT2D eigenvalue weighted by atomic mass is 19.1. The molecule has 1 saturated heterocycles. The van der Waals surface area contributed by atoms with Crippen molar-refractivity contribution in [3.8, 4) is 0 Å². The molecule has 2 unspecified atom stereocenters. The van der Waals surface area contributed by atoms with Gasteiger partial charge in [-0.15, -0.1) is 0 Å². The summed E-state index contributed by atoms with van der Waals surface area (Å²) in [5.41, 5.74) is 1.25. The highest BCUT2D eigenvalue weighted by Gasteiger charge is 2.34. The first-order valence-electron chi connectivity index (χ1n) is 6.26. The number of hydrogen-bond donors (Lipinski definition) is 1. The molecule has 102 valence electrons. The third-order valence-electron chi connectivity index (χ3n) is 3.59. The zero-order chi connectivity index (χ0) is 14.2. The molecule has 1 aromatic carbocycles. The minimum atomic E-state index is -0.541. The number of carbonyl (C=O) groups is 2. The number of amides is 2. The summed E-state index contributed by atoms with van der Waals surface area (Å²) in [6.07, 6.45) is 0. The molecule has 0 aliphatic carbocycles. The van der Waals surface area contributed by atoms with E-state index < -0.39 is 6.04 Å². The van der Waals surface area contributed by atoms with Gasteiger partial charge in [0.15, 0.2) is 0 Å². The average molecular weight is 264 g/mol. The van der Waals surface area contributed by atoms with Gasteiger partial charge in [-0.2, -0.15) is 0 Å². The smallest absolute Gasteiger partial charge is 0.243 e. The van der Waals surface area contributed by atoms with Gasteiger partial charge in [0.2, 0.25) is 11.8 Å². The van der Waals surface area contributed by atoms with E-state index in [-0.39, 0.29) is 30.2 Å².